The standard InChI is InChI=1S/C19H34N6O8S2.Cu/c1-12(27)23-15-17(29)16(28)14(11-26)33-18(15)32-10-9-31-8-7-30-6-5-20-19(35)25-22-4-3-21-24-13(2)34;/h3-4,14-18,26,28-29H,5-11H2,1-2H3,(H,23,27)(H,24,34)(H2,20,25,35);/q;+2/p-2/t14?,15?,16-,17+,18+;/m0./s1. The molecule has 1 aliphatic rings. The zero-order chi connectivity index (χ0) is 26.1. The van der Waals surface area contributed by atoms with Gasteiger partial charge in [-0.2, -0.15) is 20.4 Å². The predicted molar refractivity (Wildman–Crippen MR) is 133 cm³/mol. The monoisotopic (exact) mass is 599 g/mol. The first-order valence-electron chi connectivity index (χ1n) is 10.7. The number of nitrogens with zero attached hydrogens (tertiary/aromatic N) is 4. The molecule has 5 N–H and O–H groups in total. The quantitative estimate of drug-likeness (QED) is 0.0332. The van der Waals surface area contributed by atoms with Crippen LogP contribution in [0.25, 0.3) is 0 Å². The molecule has 1 amide bonds. The van der Waals surface area contributed by atoms with Gasteiger partial charge in [0.2, 0.25) is 5.91 Å². The van der Waals surface area contributed by atoms with E-state index < -0.39 is 43.2 Å². The third-order valence-corrected chi connectivity index (χ3v) is 4.51. The zero-order valence-corrected chi connectivity index (χ0v) is 22.4. The summed E-state index contributed by atoms with van der Waals surface area (Å²) in [5.74, 6) is -0.426. The van der Waals surface area contributed by atoms with E-state index in [4.69, 9.17) is 44.2 Å². The molecule has 209 valence electrons. The third kappa shape index (κ3) is 15.0. The Labute approximate surface area is 231 Å². The molecular formula is C19H32CuN6O8S2. The van der Waals surface area contributed by atoms with Gasteiger partial charge in [-0.05, 0) is 12.1 Å². The first-order valence-corrected chi connectivity index (χ1v) is 11.5. The summed E-state index contributed by atoms with van der Waals surface area (Å²) in [7, 11) is 0. The van der Waals surface area contributed by atoms with Crippen molar-refractivity contribution in [2.24, 2.45) is 20.4 Å². The van der Waals surface area contributed by atoms with Crippen LogP contribution in [-0.4, -0.2) is 121 Å². The van der Waals surface area contributed by atoms with E-state index in [9.17, 15) is 20.1 Å². The number of hydrogen-bond acceptors (Lipinski definition) is 14. The molecule has 2 unspecified atom stereocenters. The second kappa shape index (κ2) is 20.7. The van der Waals surface area contributed by atoms with E-state index in [-0.39, 0.29) is 35.5 Å². The molecule has 5 atom stereocenters. The van der Waals surface area contributed by atoms with Crippen molar-refractivity contribution in [3.63, 3.8) is 0 Å². The maximum Gasteiger partial charge on any atom is 2.00 e. The summed E-state index contributed by atoms with van der Waals surface area (Å²) in [4.78, 5) is 11.4. The van der Waals surface area contributed by atoms with E-state index in [1.165, 1.54) is 19.4 Å². The minimum Gasteiger partial charge on any atom is -0.763 e. The van der Waals surface area contributed by atoms with Gasteiger partial charge < -0.3 is 70.2 Å². The average Bonchev–Trinajstić information content (AvgIpc) is 2.81. The largest absolute Gasteiger partial charge is 2.00 e. The van der Waals surface area contributed by atoms with Crippen LogP contribution >= 0.6 is 0 Å². The van der Waals surface area contributed by atoms with E-state index in [1.807, 2.05) is 0 Å². The molecule has 0 spiro atoms. The molecule has 1 fully saturated rings. The van der Waals surface area contributed by atoms with Crippen molar-refractivity contribution in [3.05, 3.63) is 0 Å². The van der Waals surface area contributed by atoms with Crippen LogP contribution in [0.2, 0.25) is 0 Å². The number of aliphatic hydroxyl groups excluding tert-OH is 3. The Bertz CT molecular complexity index is 745. The number of aliphatic hydroxyl groups is 3. The van der Waals surface area contributed by atoms with Crippen LogP contribution in [0.15, 0.2) is 20.4 Å². The number of ether oxygens (including phenoxy) is 4. The summed E-state index contributed by atoms with van der Waals surface area (Å²) < 4.78 is 21.8. The number of amidine groups is 1. The second-order valence-electron chi connectivity index (χ2n) is 7.01. The number of amides is 1. The normalized spacial score (nSPS) is 25.2. The van der Waals surface area contributed by atoms with Crippen LogP contribution in [0.4, 0.5) is 0 Å². The number of rotatable bonds is 15. The van der Waals surface area contributed by atoms with Crippen molar-refractivity contribution in [1.29, 1.82) is 0 Å². The Balaban J connectivity index is 0.0000122. The Morgan fingerprint density at radius 1 is 1.00 bits per heavy atom. The van der Waals surface area contributed by atoms with E-state index in [0.29, 0.717) is 31.4 Å². The van der Waals surface area contributed by atoms with E-state index in [2.05, 4.69) is 31.0 Å². The first-order chi connectivity index (χ1) is 16.8. The van der Waals surface area contributed by atoms with Crippen molar-refractivity contribution < 1.29 is 56.1 Å². The molecule has 1 heterocycles. The molecule has 0 bridgehead atoms. The van der Waals surface area contributed by atoms with Crippen LogP contribution in [0.1, 0.15) is 13.8 Å². The van der Waals surface area contributed by atoms with Crippen LogP contribution in [0, 0.1) is 0 Å². The van der Waals surface area contributed by atoms with Gasteiger partial charge in [0.05, 0.1) is 52.1 Å². The molecular weight excluding hydrogens is 568 g/mol. The minimum atomic E-state index is -1.36. The van der Waals surface area contributed by atoms with Gasteiger partial charge in [0.1, 0.15) is 24.4 Å². The molecule has 0 aliphatic carbocycles. The Morgan fingerprint density at radius 2 is 1.61 bits per heavy atom. The summed E-state index contributed by atoms with van der Waals surface area (Å²) in [5, 5.41) is 50.1. The van der Waals surface area contributed by atoms with Gasteiger partial charge in [-0.15, -0.1) is 0 Å². The molecule has 1 saturated heterocycles. The topological polar surface area (TPSA) is 188 Å². The summed E-state index contributed by atoms with van der Waals surface area (Å²) >= 11 is 9.72. The van der Waals surface area contributed by atoms with Crippen LogP contribution in [0.3, 0.4) is 0 Å². The molecule has 0 aromatic rings. The van der Waals surface area contributed by atoms with Gasteiger partial charge in [-0.25, -0.2) is 0 Å². The second-order valence-corrected chi connectivity index (χ2v) is 7.99. The fraction of sp³-hybridized carbons (Fsp3) is 0.737. The molecule has 1 radical (unpaired) electrons. The van der Waals surface area contributed by atoms with Crippen LogP contribution in [-0.2, 0) is 66.1 Å². The number of carbonyl (C=O) groups is 1. The maximum atomic E-state index is 11.4. The summed E-state index contributed by atoms with van der Waals surface area (Å²) in [6.45, 7) is 4.10. The zero-order valence-electron chi connectivity index (χ0n) is 19.8. The molecule has 0 aromatic heterocycles. The van der Waals surface area contributed by atoms with Crippen molar-refractivity contribution in [2.45, 2.75) is 44.5 Å². The average molecular weight is 600 g/mol. The molecule has 1 rings (SSSR count). The van der Waals surface area contributed by atoms with E-state index in [1.54, 1.807) is 6.92 Å². The van der Waals surface area contributed by atoms with Gasteiger partial charge in [0.15, 0.2) is 6.29 Å². The third-order valence-electron chi connectivity index (χ3n) is 4.20. The molecule has 1 aliphatic heterocycles. The van der Waals surface area contributed by atoms with Gasteiger partial charge in [0.25, 0.3) is 0 Å². The fourth-order valence-corrected chi connectivity index (χ4v) is 2.88. The maximum absolute atomic E-state index is 11.4. The number of hydrogen-bond donors (Lipinski definition) is 5. The van der Waals surface area contributed by atoms with Crippen molar-refractivity contribution in [2.75, 3.05) is 46.2 Å². The number of carbonyl (C=O) groups excluding carboxylic acids is 1. The first kappa shape index (κ1) is 34.6. The Hall–Kier alpha value is -1.37. The summed E-state index contributed by atoms with van der Waals surface area (Å²) in [6, 6.07) is -0.992. The Kier molecular flexibility index (Phi) is 19.9. The van der Waals surface area contributed by atoms with Crippen molar-refractivity contribution >= 4 is 53.8 Å². The minimum absolute atomic E-state index is 0. The molecule has 17 heteroatoms. The van der Waals surface area contributed by atoms with Gasteiger partial charge >= 0.3 is 17.1 Å². The number of nitrogens with one attached hydrogen (secondary N) is 2. The van der Waals surface area contributed by atoms with E-state index in [0.717, 1.165) is 0 Å². The predicted octanol–water partition coefficient (Wildman–Crippen LogP) is -2.59. The summed E-state index contributed by atoms with van der Waals surface area (Å²) in [6.07, 6.45) is -2.17. The van der Waals surface area contributed by atoms with E-state index >= 15 is 0 Å². The molecule has 36 heavy (non-hydrogen) atoms. The Morgan fingerprint density at radius 3 is 2.22 bits per heavy atom. The molecule has 0 saturated carbocycles. The van der Waals surface area contributed by atoms with Crippen molar-refractivity contribution in [1.82, 2.24) is 10.6 Å². The molecule has 14 nitrogen and oxygen atoms in total. The van der Waals surface area contributed by atoms with Crippen LogP contribution in [0.5, 0.6) is 0 Å². The van der Waals surface area contributed by atoms with Crippen molar-refractivity contribution in [3.8, 4) is 0 Å². The van der Waals surface area contributed by atoms with Gasteiger partial charge in [-0.3, -0.25) is 4.79 Å². The molecule has 0 aromatic carbocycles. The SMILES string of the molecule is CC(=O)NC1[C@H](OCCOCCOCCNC([S-])=NN=CC=NN=C(C)[S-])OC(CO)[C@H](O)[C@@H]1O.[Cu+2]. The fourth-order valence-electron chi connectivity index (χ4n) is 2.68. The summed E-state index contributed by atoms with van der Waals surface area (Å²) in [5.41, 5.74) is 0. The van der Waals surface area contributed by atoms with Crippen LogP contribution < -0.4 is 10.6 Å². The van der Waals surface area contributed by atoms with Gasteiger partial charge in [0, 0.05) is 13.5 Å². The van der Waals surface area contributed by atoms with Gasteiger partial charge in [-0.1, -0.05) is 5.04 Å². The smallest absolute Gasteiger partial charge is 0.763 e.